The molecule has 26 heavy (non-hydrogen) atoms. The van der Waals surface area contributed by atoms with E-state index < -0.39 is 0 Å². The molecule has 0 amide bonds. The third kappa shape index (κ3) is 4.48. The fourth-order valence-corrected chi connectivity index (χ4v) is 4.48. The molecule has 3 aromatic rings. The summed E-state index contributed by atoms with van der Waals surface area (Å²) in [6.45, 7) is 2.19. The van der Waals surface area contributed by atoms with Gasteiger partial charge in [-0.25, -0.2) is 4.98 Å². The van der Waals surface area contributed by atoms with Crippen LogP contribution in [-0.4, -0.2) is 10.7 Å². The SMILES string of the molecule is CCCCCSc1nc(-c2cccs2)cc(-c2ccc(Cl)cc2)c1C#N. The van der Waals surface area contributed by atoms with Crippen molar-refractivity contribution in [3.05, 3.63) is 58.4 Å². The van der Waals surface area contributed by atoms with E-state index in [2.05, 4.69) is 19.1 Å². The summed E-state index contributed by atoms with van der Waals surface area (Å²) in [7, 11) is 0. The standard InChI is InChI=1S/C21H19ClN2S2/c1-2-3-4-11-26-21-18(14-23)17(15-7-9-16(22)10-8-15)13-19(24-21)20-6-5-12-25-20/h5-10,12-13H,2-4,11H2,1H3. The number of hydrogen-bond donors (Lipinski definition) is 0. The molecule has 2 nitrogen and oxygen atoms in total. The second-order valence-corrected chi connectivity index (χ2v) is 8.35. The first-order chi connectivity index (χ1) is 12.7. The summed E-state index contributed by atoms with van der Waals surface area (Å²) in [6.07, 6.45) is 3.52. The first-order valence-electron chi connectivity index (χ1n) is 8.60. The van der Waals surface area contributed by atoms with Crippen molar-refractivity contribution in [2.24, 2.45) is 0 Å². The van der Waals surface area contributed by atoms with Gasteiger partial charge in [0.1, 0.15) is 11.1 Å². The summed E-state index contributed by atoms with van der Waals surface area (Å²) in [5.74, 6) is 0.976. The van der Waals surface area contributed by atoms with Gasteiger partial charge in [0.15, 0.2) is 0 Å². The van der Waals surface area contributed by atoms with Gasteiger partial charge in [-0.2, -0.15) is 5.26 Å². The molecule has 0 radical (unpaired) electrons. The van der Waals surface area contributed by atoms with Crippen LogP contribution in [0.15, 0.2) is 52.9 Å². The minimum Gasteiger partial charge on any atom is -0.239 e. The highest BCUT2D eigenvalue weighted by atomic mass is 35.5. The van der Waals surface area contributed by atoms with Crippen molar-refractivity contribution in [1.29, 1.82) is 5.26 Å². The van der Waals surface area contributed by atoms with Gasteiger partial charge in [-0.1, -0.05) is 49.6 Å². The molecule has 0 bridgehead atoms. The van der Waals surface area contributed by atoms with E-state index in [1.165, 1.54) is 12.8 Å². The van der Waals surface area contributed by atoms with E-state index in [1.807, 2.05) is 41.8 Å². The van der Waals surface area contributed by atoms with Crippen LogP contribution in [0.25, 0.3) is 21.7 Å². The Kier molecular flexibility index (Phi) is 6.73. The molecule has 0 atom stereocenters. The number of thioether (sulfide) groups is 1. The maximum Gasteiger partial charge on any atom is 0.115 e. The van der Waals surface area contributed by atoms with Gasteiger partial charge in [0, 0.05) is 10.6 Å². The highest BCUT2D eigenvalue weighted by molar-refractivity contribution is 7.99. The molecule has 5 heteroatoms. The predicted octanol–water partition coefficient (Wildman–Crippen LogP) is 7.28. The van der Waals surface area contributed by atoms with E-state index in [4.69, 9.17) is 16.6 Å². The number of hydrogen-bond acceptors (Lipinski definition) is 4. The van der Waals surface area contributed by atoms with Crippen molar-refractivity contribution in [2.45, 2.75) is 31.2 Å². The molecule has 3 rings (SSSR count). The Balaban J connectivity index is 2.07. The fourth-order valence-electron chi connectivity index (χ4n) is 2.66. The number of unbranched alkanes of at least 4 members (excludes halogenated alkanes) is 2. The Hall–Kier alpha value is -1.80. The number of nitriles is 1. The normalized spacial score (nSPS) is 10.7. The Morgan fingerprint density at radius 1 is 1.19 bits per heavy atom. The van der Waals surface area contributed by atoms with Crippen LogP contribution in [-0.2, 0) is 0 Å². The third-order valence-corrected chi connectivity index (χ3v) is 6.22. The van der Waals surface area contributed by atoms with Crippen LogP contribution >= 0.6 is 34.7 Å². The molecule has 0 saturated heterocycles. The zero-order valence-corrected chi connectivity index (χ0v) is 16.9. The highest BCUT2D eigenvalue weighted by Crippen LogP contribution is 2.36. The lowest BCUT2D eigenvalue weighted by Crippen LogP contribution is -1.96. The van der Waals surface area contributed by atoms with Crippen LogP contribution in [0.5, 0.6) is 0 Å². The average Bonchev–Trinajstić information content (AvgIpc) is 3.20. The average molecular weight is 399 g/mol. The number of pyridine rings is 1. The van der Waals surface area contributed by atoms with Gasteiger partial charge in [-0.05, 0) is 47.4 Å². The minimum absolute atomic E-state index is 0.647. The number of aromatic nitrogens is 1. The molecule has 0 unspecified atom stereocenters. The molecule has 2 heterocycles. The van der Waals surface area contributed by atoms with Gasteiger partial charge >= 0.3 is 0 Å². The molecule has 132 valence electrons. The first-order valence-corrected chi connectivity index (χ1v) is 10.8. The van der Waals surface area contributed by atoms with Gasteiger partial charge in [0.05, 0.1) is 16.1 Å². The van der Waals surface area contributed by atoms with Gasteiger partial charge in [-0.3, -0.25) is 0 Å². The summed E-state index contributed by atoms with van der Waals surface area (Å²) in [5, 5.41) is 13.4. The zero-order valence-electron chi connectivity index (χ0n) is 14.5. The smallest absolute Gasteiger partial charge is 0.115 e. The van der Waals surface area contributed by atoms with Crippen molar-refractivity contribution in [1.82, 2.24) is 4.98 Å². The van der Waals surface area contributed by atoms with Crippen LogP contribution in [0.4, 0.5) is 0 Å². The number of halogens is 1. The van der Waals surface area contributed by atoms with Crippen LogP contribution in [0, 0.1) is 11.3 Å². The summed E-state index contributed by atoms with van der Waals surface area (Å²) >= 11 is 9.38. The Morgan fingerprint density at radius 3 is 2.65 bits per heavy atom. The number of benzene rings is 1. The number of nitrogens with zero attached hydrogens (tertiary/aromatic N) is 2. The number of thiophene rings is 1. The lowest BCUT2D eigenvalue weighted by Gasteiger charge is -2.12. The van der Waals surface area contributed by atoms with Crippen molar-refractivity contribution in [3.63, 3.8) is 0 Å². The molecule has 0 spiro atoms. The third-order valence-electron chi connectivity index (χ3n) is 4.01. The molecule has 0 aliphatic heterocycles. The molecule has 0 aliphatic rings. The molecular weight excluding hydrogens is 380 g/mol. The second-order valence-electron chi connectivity index (χ2n) is 5.89. The molecule has 2 aromatic heterocycles. The van der Waals surface area contributed by atoms with Crippen molar-refractivity contribution < 1.29 is 0 Å². The van der Waals surface area contributed by atoms with E-state index in [1.54, 1.807) is 23.1 Å². The maximum atomic E-state index is 9.81. The van der Waals surface area contributed by atoms with Crippen LogP contribution in [0.2, 0.25) is 5.02 Å². The minimum atomic E-state index is 0.647. The lowest BCUT2D eigenvalue weighted by molar-refractivity contribution is 0.778. The molecule has 0 N–H and O–H groups in total. The number of rotatable bonds is 7. The topological polar surface area (TPSA) is 36.7 Å². The Bertz CT molecular complexity index is 897. The molecule has 0 fully saturated rings. The Morgan fingerprint density at radius 2 is 2.00 bits per heavy atom. The predicted molar refractivity (Wildman–Crippen MR) is 113 cm³/mol. The van der Waals surface area contributed by atoms with Crippen molar-refractivity contribution >= 4 is 34.7 Å². The quantitative estimate of drug-likeness (QED) is 0.309. The van der Waals surface area contributed by atoms with E-state index in [0.717, 1.165) is 38.9 Å². The fraction of sp³-hybridized carbons (Fsp3) is 0.238. The lowest BCUT2D eigenvalue weighted by atomic mass is 10.0. The van der Waals surface area contributed by atoms with E-state index in [9.17, 15) is 5.26 Å². The van der Waals surface area contributed by atoms with E-state index in [0.29, 0.717) is 10.6 Å². The molecule has 0 aliphatic carbocycles. The summed E-state index contributed by atoms with van der Waals surface area (Å²) in [4.78, 5) is 5.92. The maximum absolute atomic E-state index is 9.81. The molecular formula is C21H19ClN2S2. The summed E-state index contributed by atoms with van der Waals surface area (Å²) in [5.41, 5.74) is 3.47. The second kappa shape index (κ2) is 9.23. The van der Waals surface area contributed by atoms with Crippen LogP contribution in [0.3, 0.4) is 0 Å². The zero-order chi connectivity index (χ0) is 18.4. The van der Waals surface area contributed by atoms with Gasteiger partial charge in [-0.15, -0.1) is 23.1 Å². The van der Waals surface area contributed by atoms with E-state index in [-0.39, 0.29) is 0 Å². The Labute approximate surface area is 167 Å². The monoisotopic (exact) mass is 398 g/mol. The first kappa shape index (κ1) is 19.0. The summed E-state index contributed by atoms with van der Waals surface area (Å²) in [6, 6.07) is 16.1. The molecule has 0 saturated carbocycles. The van der Waals surface area contributed by atoms with Crippen LogP contribution in [0.1, 0.15) is 31.7 Å². The van der Waals surface area contributed by atoms with Gasteiger partial charge in [0.2, 0.25) is 0 Å². The van der Waals surface area contributed by atoms with Crippen molar-refractivity contribution in [3.8, 4) is 27.8 Å². The van der Waals surface area contributed by atoms with E-state index >= 15 is 0 Å². The van der Waals surface area contributed by atoms with Crippen molar-refractivity contribution in [2.75, 3.05) is 5.75 Å². The van der Waals surface area contributed by atoms with Gasteiger partial charge < -0.3 is 0 Å². The molecule has 1 aromatic carbocycles. The largest absolute Gasteiger partial charge is 0.239 e. The van der Waals surface area contributed by atoms with Crippen LogP contribution < -0.4 is 0 Å². The summed E-state index contributed by atoms with van der Waals surface area (Å²) < 4.78 is 0. The van der Waals surface area contributed by atoms with Gasteiger partial charge in [0.25, 0.3) is 0 Å². The highest BCUT2D eigenvalue weighted by Gasteiger charge is 2.16.